The molecule has 0 radical (unpaired) electrons. The molecule has 0 amide bonds. The molecule has 0 saturated heterocycles. The molecule has 0 aliphatic rings. The largest absolute Gasteiger partial charge is 0.389 e. The van der Waals surface area contributed by atoms with E-state index < -0.39 is 6.10 Å². The Balaban J connectivity index is 2.96. The molecule has 3 nitrogen and oxygen atoms in total. The Morgan fingerprint density at radius 1 is 1.33 bits per heavy atom. The summed E-state index contributed by atoms with van der Waals surface area (Å²) < 4.78 is 2.02. The first kappa shape index (κ1) is 12.2. The fourth-order valence-electron chi connectivity index (χ4n) is 1.92. The van der Waals surface area contributed by atoms with E-state index >= 15 is 0 Å². The highest BCUT2D eigenvalue weighted by Crippen LogP contribution is 2.21. The Hall–Kier alpha value is -0.830. The zero-order chi connectivity index (χ0) is 11.6. The summed E-state index contributed by atoms with van der Waals surface area (Å²) in [7, 11) is 0. The highest BCUT2D eigenvalue weighted by atomic mass is 16.3. The van der Waals surface area contributed by atoms with Crippen molar-refractivity contribution in [2.75, 3.05) is 0 Å². The number of hydrogen-bond acceptors (Lipinski definition) is 2. The van der Waals surface area contributed by atoms with Gasteiger partial charge in [-0.3, -0.25) is 4.68 Å². The second-order valence-electron chi connectivity index (χ2n) is 4.46. The van der Waals surface area contributed by atoms with Crippen LogP contribution in [0.25, 0.3) is 0 Å². The summed E-state index contributed by atoms with van der Waals surface area (Å²) in [6.45, 7) is 11.1. The van der Waals surface area contributed by atoms with Crippen LogP contribution in [0.15, 0.2) is 0 Å². The van der Waals surface area contributed by atoms with E-state index in [2.05, 4.69) is 18.9 Å². The fourth-order valence-corrected chi connectivity index (χ4v) is 1.92. The van der Waals surface area contributed by atoms with Crippen LogP contribution in [0, 0.1) is 19.8 Å². The molecule has 15 heavy (non-hydrogen) atoms. The number of aliphatic hydroxyl groups is 1. The Morgan fingerprint density at radius 2 is 1.93 bits per heavy atom. The molecule has 1 heterocycles. The number of rotatable bonds is 4. The molecule has 0 aliphatic heterocycles. The summed E-state index contributed by atoms with van der Waals surface area (Å²) >= 11 is 0. The van der Waals surface area contributed by atoms with E-state index in [4.69, 9.17) is 0 Å². The predicted molar refractivity (Wildman–Crippen MR) is 61.8 cm³/mol. The lowest BCUT2D eigenvalue weighted by Crippen LogP contribution is -2.10. The van der Waals surface area contributed by atoms with Crippen LogP contribution < -0.4 is 0 Å². The number of aryl methyl sites for hydroxylation is 1. The number of nitrogens with zero attached hydrogens (tertiary/aromatic N) is 2. The Kier molecular flexibility index (Phi) is 3.91. The van der Waals surface area contributed by atoms with E-state index in [1.165, 1.54) is 0 Å². The summed E-state index contributed by atoms with van der Waals surface area (Å²) in [5.74, 6) is 0.629. The molecule has 2 unspecified atom stereocenters. The van der Waals surface area contributed by atoms with E-state index in [0.29, 0.717) is 5.92 Å². The van der Waals surface area contributed by atoms with Crippen molar-refractivity contribution < 1.29 is 5.11 Å². The second kappa shape index (κ2) is 4.79. The van der Waals surface area contributed by atoms with Gasteiger partial charge in [-0.1, -0.05) is 20.3 Å². The van der Waals surface area contributed by atoms with Gasteiger partial charge in [-0.05, 0) is 26.7 Å². The quantitative estimate of drug-likeness (QED) is 0.829. The van der Waals surface area contributed by atoms with Crippen LogP contribution in [0.1, 0.15) is 50.2 Å². The summed E-state index contributed by atoms with van der Waals surface area (Å²) in [6, 6.07) is 0. The van der Waals surface area contributed by atoms with Gasteiger partial charge >= 0.3 is 0 Å². The van der Waals surface area contributed by atoms with Gasteiger partial charge in [0.05, 0.1) is 11.8 Å². The molecule has 0 saturated carbocycles. The first-order chi connectivity index (χ1) is 6.97. The maximum Gasteiger partial charge on any atom is 0.0797 e. The maximum absolute atomic E-state index is 9.64. The van der Waals surface area contributed by atoms with Crippen molar-refractivity contribution in [1.29, 1.82) is 0 Å². The molecule has 0 aliphatic carbocycles. The lowest BCUT2D eigenvalue weighted by Gasteiger charge is -2.11. The van der Waals surface area contributed by atoms with Crippen LogP contribution in [0.5, 0.6) is 0 Å². The first-order valence-corrected chi connectivity index (χ1v) is 5.69. The zero-order valence-corrected chi connectivity index (χ0v) is 10.4. The van der Waals surface area contributed by atoms with Gasteiger partial charge in [0, 0.05) is 17.8 Å². The van der Waals surface area contributed by atoms with Crippen molar-refractivity contribution in [1.82, 2.24) is 9.78 Å². The zero-order valence-electron chi connectivity index (χ0n) is 10.4. The molecule has 3 heteroatoms. The average molecular weight is 210 g/mol. The molecule has 0 aromatic carbocycles. The molecule has 1 aromatic heterocycles. The summed E-state index contributed by atoms with van der Waals surface area (Å²) in [4.78, 5) is 0. The molecular weight excluding hydrogens is 188 g/mol. The lowest BCUT2D eigenvalue weighted by atomic mass is 10.1. The van der Waals surface area contributed by atoms with Gasteiger partial charge in [0.1, 0.15) is 0 Å². The third kappa shape index (κ3) is 2.59. The summed E-state index contributed by atoms with van der Waals surface area (Å²) in [6.07, 6.45) is 0.734. The smallest absolute Gasteiger partial charge is 0.0797 e. The lowest BCUT2D eigenvalue weighted by molar-refractivity contribution is 0.197. The van der Waals surface area contributed by atoms with Crippen LogP contribution in [0.2, 0.25) is 0 Å². The van der Waals surface area contributed by atoms with E-state index in [0.717, 1.165) is 29.9 Å². The maximum atomic E-state index is 9.64. The molecule has 1 N–H and O–H groups in total. The van der Waals surface area contributed by atoms with Crippen molar-refractivity contribution in [2.45, 2.75) is 53.7 Å². The van der Waals surface area contributed by atoms with Gasteiger partial charge < -0.3 is 5.11 Å². The molecule has 86 valence electrons. The van der Waals surface area contributed by atoms with Gasteiger partial charge in [0.25, 0.3) is 0 Å². The normalized spacial score (nSPS) is 15.3. The van der Waals surface area contributed by atoms with Crippen molar-refractivity contribution in [2.24, 2.45) is 5.92 Å². The molecular formula is C12H22N2O. The van der Waals surface area contributed by atoms with Crippen LogP contribution in [-0.4, -0.2) is 14.9 Å². The van der Waals surface area contributed by atoms with E-state index in [1.807, 2.05) is 18.5 Å². The summed E-state index contributed by atoms with van der Waals surface area (Å²) in [5.41, 5.74) is 3.03. The van der Waals surface area contributed by atoms with Crippen LogP contribution in [0.3, 0.4) is 0 Å². The standard InChI is InChI=1S/C12H22N2O/c1-6-8(2)7-14-10(4)12(11(5)15)9(3)13-14/h8,11,15H,6-7H2,1-5H3. The third-order valence-corrected chi connectivity index (χ3v) is 3.04. The van der Waals surface area contributed by atoms with E-state index in [9.17, 15) is 5.11 Å². The second-order valence-corrected chi connectivity index (χ2v) is 4.46. The van der Waals surface area contributed by atoms with Crippen molar-refractivity contribution in [3.8, 4) is 0 Å². The monoisotopic (exact) mass is 210 g/mol. The molecule has 0 spiro atoms. The number of aromatic nitrogens is 2. The molecule has 0 bridgehead atoms. The molecule has 1 aromatic rings. The van der Waals surface area contributed by atoms with Gasteiger partial charge in [0.2, 0.25) is 0 Å². The minimum atomic E-state index is -0.421. The fraction of sp³-hybridized carbons (Fsp3) is 0.750. The minimum absolute atomic E-state index is 0.421. The van der Waals surface area contributed by atoms with Crippen LogP contribution >= 0.6 is 0 Å². The molecule has 1 rings (SSSR count). The van der Waals surface area contributed by atoms with Gasteiger partial charge in [-0.2, -0.15) is 5.10 Å². The number of hydrogen-bond donors (Lipinski definition) is 1. The highest BCUT2D eigenvalue weighted by Gasteiger charge is 2.16. The van der Waals surface area contributed by atoms with Crippen LogP contribution in [0.4, 0.5) is 0 Å². The SMILES string of the molecule is CCC(C)Cn1nc(C)c(C(C)O)c1C. The molecule has 0 fully saturated rings. The van der Waals surface area contributed by atoms with Crippen molar-refractivity contribution in [3.05, 3.63) is 17.0 Å². The van der Waals surface area contributed by atoms with Crippen molar-refractivity contribution >= 4 is 0 Å². The summed E-state index contributed by atoms with van der Waals surface area (Å²) in [5, 5.41) is 14.1. The third-order valence-electron chi connectivity index (χ3n) is 3.04. The van der Waals surface area contributed by atoms with Crippen molar-refractivity contribution in [3.63, 3.8) is 0 Å². The minimum Gasteiger partial charge on any atom is -0.389 e. The van der Waals surface area contributed by atoms with Gasteiger partial charge in [-0.25, -0.2) is 0 Å². The van der Waals surface area contributed by atoms with E-state index in [1.54, 1.807) is 6.92 Å². The number of aliphatic hydroxyl groups excluding tert-OH is 1. The van der Waals surface area contributed by atoms with E-state index in [-0.39, 0.29) is 0 Å². The molecule has 2 atom stereocenters. The van der Waals surface area contributed by atoms with Crippen LogP contribution in [-0.2, 0) is 6.54 Å². The Labute approximate surface area is 92.1 Å². The Bertz CT molecular complexity index is 329. The van der Waals surface area contributed by atoms with Gasteiger partial charge in [-0.15, -0.1) is 0 Å². The Morgan fingerprint density at radius 3 is 2.33 bits per heavy atom. The predicted octanol–water partition coefficient (Wildman–Crippen LogP) is 2.60. The van der Waals surface area contributed by atoms with Gasteiger partial charge in [0.15, 0.2) is 0 Å². The highest BCUT2D eigenvalue weighted by molar-refractivity contribution is 5.26. The topological polar surface area (TPSA) is 38.0 Å². The first-order valence-electron chi connectivity index (χ1n) is 5.69. The average Bonchev–Trinajstić information content (AvgIpc) is 2.41.